The summed E-state index contributed by atoms with van der Waals surface area (Å²) in [5, 5.41) is 7.05. The number of fused-ring (bicyclic) bond motifs is 1. The SMILES string of the molecule is CCN1CCOC(CNCc2cccc3c2NCC3)C1. The maximum absolute atomic E-state index is 5.82. The van der Waals surface area contributed by atoms with Crippen LogP contribution in [0.3, 0.4) is 0 Å². The van der Waals surface area contributed by atoms with Crippen molar-refractivity contribution in [3.8, 4) is 0 Å². The van der Waals surface area contributed by atoms with Crippen LogP contribution in [0.4, 0.5) is 5.69 Å². The molecule has 0 aromatic heterocycles. The highest BCUT2D eigenvalue weighted by Gasteiger charge is 2.19. The number of morpholine rings is 1. The van der Waals surface area contributed by atoms with Crippen molar-refractivity contribution in [1.82, 2.24) is 10.2 Å². The van der Waals surface area contributed by atoms with Gasteiger partial charge in [0.25, 0.3) is 0 Å². The Bertz CT molecular complexity index is 449. The zero-order chi connectivity index (χ0) is 13.8. The van der Waals surface area contributed by atoms with Crippen molar-refractivity contribution in [2.75, 3.05) is 44.6 Å². The quantitative estimate of drug-likeness (QED) is 0.853. The largest absolute Gasteiger partial charge is 0.384 e. The van der Waals surface area contributed by atoms with Crippen LogP contribution in [-0.2, 0) is 17.7 Å². The topological polar surface area (TPSA) is 36.5 Å². The first-order valence-electron chi connectivity index (χ1n) is 7.76. The summed E-state index contributed by atoms with van der Waals surface area (Å²) < 4.78 is 5.82. The Morgan fingerprint density at radius 2 is 2.40 bits per heavy atom. The minimum absolute atomic E-state index is 0.327. The third-order valence-corrected chi connectivity index (χ3v) is 4.29. The normalized spacial score (nSPS) is 22.6. The lowest BCUT2D eigenvalue weighted by molar-refractivity contribution is -0.0253. The molecule has 4 heteroatoms. The van der Waals surface area contributed by atoms with Gasteiger partial charge >= 0.3 is 0 Å². The Balaban J connectivity index is 1.49. The molecule has 110 valence electrons. The molecule has 20 heavy (non-hydrogen) atoms. The maximum atomic E-state index is 5.82. The van der Waals surface area contributed by atoms with Gasteiger partial charge in [-0.15, -0.1) is 0 Å². The molecule has 3 rings (SSSR count). The number of nitrogens with one attached hydrogen (secondary N) is 2. The fourth-order valence-electron chi connectivity index (χ4n) is 3.12. The highest BCUT2D eigenvalue weighted by atomic mass is 16.5. The highest BCUT2D eigenvalue weighted by Crippen LogP contribution is 2.26. The van der Waals surface area contributed by atoms with E-state index in [1.165, 1.54) is 16.8 Å². The molecular formula is C16H25N3O. The van der Waals surface area contributed by atoms with Crippen molar-refractivity contribution in [3.63, 3.8) is 0 Å². The predicted molar refractivity (Wildman–Crippen MR) is 82.2 cm³/mol. The zero-order valence-electron chi connectivity index (χ0n) is 12.3. The Morgan fingerprint density at radius 3 is 3.30 bits per heavy atom. The van der Waals surface area contributed by atoms with E-state index in [0.29, 0.717) is 6.10 Å². The zero-order valence-corrected chi connectivity index (χ0v) is 12.3. The lowest BCUT2D eigenvalue weighted by Crippen LogP contribution is -2.46. The van der Waals surface area contributed by atoms with E-state index in [4.69, 9.17) is 4.74 Å². The first kappa shape index (κ1) is 13.9. The molecule has 2 aliphatic rings. The average Bonchev–Trinajstić information content (AvgIpc) is 2.97. The molecular weight excluding hydrogens is 250 g/mol. The van der Waals surface area contributed by atoms with Gasteiger partial charge in [0.1, 0.15) is 0 Å². The fraction of sp³-hybridized carbons (Fsp3) is 0.625. The minimum atomic E-state index is 0.327. The monoisotopic (exact) mass is 275 g/mol. The molecule has 2 aliphatic heterocycles. The molecule has 1 aromatic rings. The van der Waals surface area contributed by atoms with Crippen LogP contribution >= 0.6 is 0 Å². The molecule has 4 nitrogen and oxygen atoms in total. The van der Waals surface area contributed by atoms with Crippen LogP contribution in [0.15, 0.2) is 18.2 Å². The van der Waals surface area contributed by atoms with Gasteiger partial charge in [-0.2, -0.15) is 0 Å². The Labute approximate surface area is 121 Å². The van der Waals surface area contributed by atoms with E-state index < -0.39 is 0 Å². The number of hydrogen-bond acceptors (Lipinski definition) is 4. The van der Waals surface area contributed by atoms with Crippen LogP contribution in [0.5, 0.6) is 0 Å². The Hall–Kier alpha value is -1.10. The molecule has 1 unspecified atom stereocenters. The lowest BCUT2D eigenvalue weighted by Gasteiger charge is -2.32. The number of benzene rings is 1. The van der Waals surface area contributed by atoms with Crippen molar-refractivity contribution in [3.05, 3.63) is 29.3 Å². The van der Waals surface area contributed by atoms with Crippen molar-refractivity contribution < 1.29 is 4.74 Å². The molecule has 1 aromatic carbocycles. The summed E-state index contributed by atoms with van der Waals surface area (Å²) in [5.74, 6) is 0. The van der Waals surface area contributed by atoms with Crippen LogP contribution in [-0.4, -0.2) is 50.3 Å². The van der Waals surface area contributed by atoms with E-state index in [9.17, 15) is 0 Å². The third kappa shape index (κ3) is 3.14. The summed E-state index contributed by atoms with van der Waals surface area (Å²) in [7, 11) is 0. The van der Waals surface area contributed by atoms with Crippen molar-refractivity contribution in [1.29, 1.82) is 0 Å². The van der Waals surface area contributed by atoms with Crippen molar-refractivity contribution >= 4 is 5.69 Å². The Morgan fingerprint density at radius 1 is 1.45 bits per heavy atom. The molecule has 0 radical (unpaired) electrons. The first-order chi connectivity index (χ1) is 9.86. The fourth-order valence-corrected chi connectivity index (χ4v) is 3.12. The van der Waals surface area contributed by atoms with Gasteiger partial charge in [-0.1, -0.05) is 25.1 Å². The van der Waals surface area contributed by atoms with Crippen molar-refractivity contribution in [2.24, 2.45) is 0 Å². The summed E-state index contributed by atoms with van der Waals surface area (Å²) in [5.41, 5.74) is 4.18. The second-order valence-corrected chi connectivity index (χ2v) is 5.64. The number of ether oxygens (including phenoxy) is 1. The van der Waals surface area contributed by atoms with E-state index in [-0.39, 0.29) is 0 Å². The molecule has 1 atom stereocenters. The van der Waals surface area contributed by atoms with E-state index in [0.717, 1.165) is 52.3 Å². The number of rotatable bonds is 5. The average molecular weight is 275 g/mol. The van der Waals surface area contributed by atoms with E-state index in [2.05, 4.69) is 40.7 Å². The van der Waals surface area contributed by atoms with E-state index >= 15 is 0 Å². The predicted octanol–water partition coefficient (Wildman–Crippen LogP) is 1.46. The standard InChI is InChI=1S/C16H25N3O/c1-2-19-8-9-20-15(12-19)11-17-10-14-5-3-4-13-6-7-18-16(13)14/h3-5,15,17-18H,2,6-12H2,1H3. The van der Waals surface area contributed by atoms with E-state index in [1.807, 2.05) is 0 Å². The molecule has 2 N–H and O–H groups in total. The second kappa shape index (κ2) is 6.57. The van der Waals surface area contributed by atoms with Crippen LogP contribution < -0.4 is 10.6 Å². The summed E-state index contributed by atoms with van der Waals surface area (Å²) in [6.45, 7) is 9.25. The molecule has 0 amide bonds. The second-order valence-electron chi connectivity index (χ2n) is 5.64. The minimum Gasteiger partial charge on any atom is -0.384 e. The number of hydrogen-bond donors (Lipinski definition) is 2. The van der Waals surface area contributed by atoms with Crippen LogP contribution in [0.25, 0.3) is 0 Å². The summed E-state index contributed by atoms with van der Waals surface area (Å²) in [4.78, 5) is 2.46. The first-order valence-corrected chi connectivity index (χ1v) is 7.76. The number of anilines is 1. The molecule has 0 saturated carbocycles. The molecule has 1 fully saturated rings. The summed E-state index contributed by atoms with van der Waals surface area (Å²) in [6.07, 6.45) is 1.48. The molecule has 2 heterocycles. The molecule has 0 aliphatic carbocycles. The molecule has 1 saturated heterocycles. The lowest BCUT2D eigenvalue weighted by atomic mass is 10.1. The third-order valence-electron chi connectivity index (χ3n) is 4.29. The van der Waals surface area contributed by atoms with Gasteiger partial charge in [-0.25, -0.2) is 0 Å². The van der Waals surface area contributed by atoms with Gasteiger partial charge in [-0.05, 0) is 24.1 Å². The van der Waals surface area contributed by atoms with Crippen LogP contribution in [0.2, 0.25) is 0 Å². The molecule has 0 bridgehead atoms. The van der Waals surface area contributed by atoms with Gasteiger partial charge < -0.3 is 15.4 Å². The van der Waals surface area contributed by atoms with Gasteiger partial charge in [0, 0.05) is 38.4 Å². The Kier molecular flexibility index (Phi) is 4.55. The smallest absolute Gasteiger partial charge is 0.0826 e. The maximum Gasteiger partial charge on any atom is 0.0826 e. The highest BCUT2D eigenvalue weighted by molar-refractivity contribution is 5.61. The van der Waals surface area contributed by atoms with Crippen LogP contribution in [0.1, 0.15) is 18.1 Å². The van der Waals surface area contributed by atoms with Crippen molar-refractivity contribution in [2.45, 2.75) is 26.0 Å². The van der Waals surface area contributed by atoms with E-state index in [1.54, 1.807) is 0 Å². The van der Waals surface area contributed by atoms with Gasteiger partial charge in [-0.3, -0.25) is 4.90 Å². The van der Waals surface area contributed by atoms with Gasteiger partial charge in [0.15, 0.2) is 0 Å². The van der Waals surface area contributed by atoms with Gasteiger partial charge in [0.05, 0.1) is 12.7 Å². The summed E-state index contributed by atoms with van der Waals surface area (Å²) >= 11 is 0. The number of nitrogens with zero attached hydrogens (tertiary/aromatic N) is 1. The molecule has 0 spiro atoms. The number of para-hydroxylation sites is 1. The van der Waals surface area contributed by atoms with Crippen LogP contribution in [0, 0.1) is 0 Å². The summed E-state index contributed by atoms with van der Waals surface area (Å²) in [6, 6.07) is 6.60. The van der Waals surface area contributed by atoms with Gasteiger partial charge in [0.2, 0.25) is 0 Å². The number of likely N-dealkylation sites (N-methyl/N-ethyl adjacent to an activating group) is 1.